The molecule has 8 rings (SSSR count). The van der Waals surface area contributed by atoms with Crippen molar-refractivity contribution >= 4 is 33.0 Å². The molecule has 2 atom stereocenters. The van der Waals surface area contributed by atoms with Crippen LogP contribution in [-0.4, -0.2) is 9.97 Å². The molecule has 2 heterocycles. The predicted octanol–water partition coefficient (Wildman–Crippen LogP) is 11.6. The fraction of sp³-hybridized carbons (Fsp3) is 0.133. The number of hydrogen-bond acceptors (Lipinski definition) is 2. The van der Waals surface area contributed by atoms with E-state index in [0.29, 0.717) is 11.8 Å². The van der Waals surface area contributed by atoms with Crippen molar-refractivity contribution < 1.29 is 0 Å². The van der Waals surface area contributed by atoms with E-state index in [2.05, 4.69) is 133 Å². The number of aromatic nitrogens is 2. The Morgan fingerprint density at radius 1 is 0.617 bits per heavy atom. The van der Waals surface area contributed by atoms with E-state index in [9.17, 15) is 0 Å². The summed E-state index contributed by atoms with van der Waals surface area (Å²) in [6.07, 6.45) is 20.9. The molecule has 4 aromatic carbocycles. The van der Waals surface area contributed by atoms with Crippen LogP contribution in [0.1, 0.15) is 59.8 Å². The van der Waals surface area contributed by atoms with Gasteiger partial charge in [-0.25, -0.2) is 0 Å². The van der Waals surface area contributed by atoms with Crippen LogP contribution in [0.4, 0.5) is 0 Å². The molecule has 0 spiro atoms. The monoisotopic (exact) mass is 604 g/mol. The summed E-state index contributed by atoms with van der Waals surface area (Å²) in [7, 11) is 0. The number of benzene rings is 4. The summed E-state index contributed by atoms with van der Waals surface area (Å²) < 4.78 is 0. The third-order valence-electron chi connectivity index (χ3n) is 9.74. The zero-order valence-corrected chi connectivity index (χ0v) is 26.4. The Morgan fingerprint density at radius 3 is 2.36 bits per heavy atom. The number of nitrogens with zero attached hydrogens (tertiary/aromatic N) is 2. The van der Waals surface area contributed by atoms with Crippen molar-refractivity contribution in [3.63, 3.8) is 0 Å². The molecule has 0 N–H and O–H groups in total. The van der Waals surface area contributed by atoms with Crippen molar-refractivity contribution in [3.8, 4) is 11.1 Å². The largest absolute Gasteiger partial charge is 0.256 e. The van der Waals surface area contributed by atoms with Gasteiger partial charge in [0.2, 0.25) is 0 Å². The van der Waals surface area contributed by atoms with E-state index in [1.807, 2.05) is 30.6 Å². The molecule has 0 saturated heterocycles. The Labute approximate surface area is 276 Å². The van der Waals surface area contributed by atoms with E-state index in [1.54, 1.807) is 0 Å². The smallest absolute Gasteiger partial charge is 0.0783 e. The molecule has 2 nitrogen and oxygen atoms in total. The summed E-state index contributed by atoms with van der Waals surface area (Å²) in [6.45, 7) is 0. The van der Waals surface area contributed by atoms with Gasteiger partial charge in [0.15, 0.2) is 0 Å². The average Bonchev–Trinajstić information content (AvgIpc) is 3.42. The minimum atomic E-state index is 0.352. The normalized spacial score (nSPS) is 19.1. The molecule has 1 unspecified atom stereocenters. The molecule has 47 heavy (non-hydrogen) atoms. The maximum Gasteiger partial charge on any atom is 0.0783 e. The van der Waals surface area contributed by atoms with Crippen molar-refractivity contribution in [1.29, 1.82) is 0 Å². The van der Waals surface area contributed by atoms with Crippen LogP contribution in [-0.2, 0) is 0 Å². The summed E-state index contributed by atoms with van der Waals surface area (Å²) >= 11 is 0. The maximum atomic E-state index is 5.03. The maximum absolute atomic E-state index is 5.03. The lowest BCUT2D eigenvalue weighted by atomic mass is 9.76. The molecule has 0 aliphatic heterocycles. The lowest BCUT2D eigenvalue weighted by molar-refractivity contribution is 0.504. The van der Waals surface area contributed by atoms with Crippen LogP contribution < -0.4 is 0 Å². The minimum absolute atomic E-state index is 0.352. The molecule has 0 amide bonds. The topological polar surface area (TPSA) is 25.8 Å². The fourth-order valence-corrected chi connectivity index (χ4v) is 7.44. The molecule has 0 fully saturated rings. The second-order valence-corrected chi connectivity index (χ2v) is 12.6. The predicted molar refractivity (Wildman–Crippen MR) is 197 cm³/mol. The molecule has 2 aliphatic carbocycles. The Balaban J connectivity index is 1.23. The molecule has 2 heteroatoms. The van der Waals surface area contributed by atoms with E-state index in [-0.39, 0.29) is 0 Å². The van der Waals surface area contributed by atoms with Crippen LogP contribution in [0.5, 0.6) is 0 Å². The molecular weight excluding hydrogens is 569 g/mol. The molecule has 0 saturated carbocycles. The first kappa shape index (κ1) is 28.9. The third kappa shape index (κ3) is 5.92. The van der Waals surface area contributed by atoms with Crippen LogP contribution in [0, 0.1) is 0 Å². The van der Waals surface area contributed by atoms with E-state index in [1.165, 1.54) is 38.8 Å². The average molecular weight is 605 g/mol. The second-order valence-electron chi connectivity index (χ2n) is 12.6. The van der Waals surface area contributed by atoms with E-state index in [4.69, 9.17) is 9.97 Å². The van der Waals surface area contributed by atoms with Crippen molar-refractivity contribution in [2.24, 2.45) is 0 Å². The SMILES string of the molecule is C1=CC=CC=CC=1c1cccc([C@@H]2C/C(c3ccc(-c4cccc5cccnc45)c4cccnc34)=C\CCC(c3ccccc3)C2)c1. The van der Waals surface area contributed by atoms with Gasteiger partial charge in [-0.15, -0.1) is 5.73 Å². The number of para-hydroxylation sites is 1. The van der Waals surface area contributed by atoms with E-state index >= 15 is 0 Å². The molecule has 226 valence electrons. The molecular formula is C45H36N2. The highest BCUT2D eigenvalue weighted by atomic mass is 14.7. The molecule has 6 aromatic rings. The van der Waals surface area contributed by atoms with E-state index in [0.717, 1.165) is 53.2 Å². The molecule has 2 aromatic heterocycles. The molecule has 0 radical (unpaired) electrons. The molecule has 2 aliphatic rings. The van der Waals surface area contributed by atoms with Crippen molar-refractivity contribution in [3.05, 3.63) is 186 Å². The Hall–Kier alpha value is -5.56. The van der Waals surface area contributed by atoms with Gasteiger partial charge in [-0.3, -0.25) is 9.97 Å². The summed E-state index contributed by atoms with van der Waals surface area (Å²) in [5.41, 5.74) is 15.6. The van der Waals surface area contributed by atoms with Crippen LogP contribution in [0.3, 0.4) is 0 Å². The Morgan fingerprint density at radius 2 is 1.43 bits per heavy atom. The van der Waals surface area contributed by atoms with Crippen molar-refractivity contribution in [2.45, 2.75) is 37.5 Å². The summed E-state index contributed by atoms with van der Waals surface area (Å²) in [6, 6.07) is 39.7. The van der Waals surface area contributed by atoms with Crippen molar-refractivity contribution in [1.82, 2.24) is 9.97 Å². The molecule has 0 bridgehead atoms. The number of fused-ring (bicyclic) bond motifs is 2. The highest BCUT2D eigenvalue weighted by Crippen LogP contribution is 2.44. The van der Waals surface area contributed by atoms with Gasteiger partial charge in [0.25, 0.3) is 0 Å². The van der Waals surface area contributed by atoms with Gasteiger partial charge in [0.05, 0.1) is 11.0 Å². The zero-order valence-electron chi connectivity index (χ0n) is 26.4. The van der Waals surface area contributed by atoms with Gasteiger partial charge in [0.1, 0.15) is 0 Å². The lowest BCUT2D eigenvalue weighted by Crippen LogP contribution is -2.11. The number of rotatable bonds is 5. The van der Waals surface area contributed by atoms with Crippen LogP contribution in [0.25, 0.3) is 44.1 Å². The minimum Gasteiger partial charge on any atom is -0.256 e. The number of allylic oxidation sites excluding steroid dienone is 7. The standard InChI is InChI=1S/C45H36N2/c1-2-5-14-32(13-4-1)35-18-8-20-37(29-35)39-30-36(33-15-6-3-7-16-33)19-9-21-38(31-39)40-25-26-41(43-24-12-28-47-45(40)43)42-23-10-17-34-22-11-27-46-44(34)42/h1-8,10-13,15-18,20-29,36,39H,9,19,30-31H2/b38-21+/t36?,39-/m0/s1. The van der Waals surface area contributed by atoms with Gasteiger partial charge in [-0.2, -0.15) is 0 Å². The van der Waals surface area contributed by atoms with Crippen molar-refractivity contribution in [2.75, 3.05) is 0 Å². The van der Waals surface area contributed by atoms with Gasteiger partial charge < -0.3 is 0 Å². The Kier molecular flexibility index (Phi) is 8.02. The van der Waals surface area contributed by atoms with Crippen LogP contribution in [0.2, 0.25) is 0 Å². The summed E-state index contributed by atoms with van der Waals surface area (Å²) in [5.74, 6) is 0.852. The Bertz CT molecular complexity index is 2240. The summed E-state index contributed by atoms with van der Waals surface area (Å²) in [5, 5.41) is 2.31. The first-order valence-electron chi connectivity index (χ1n) is 16.7. The second kappa shape index (κ2) is 13.0. The first-order valence-corrected chi connectivity index (χ1v) is 16.7. The highest BCUT2D eigenvalue weighted by molar-refractivity contribution is 6.05. The summed E-state index contributed by atoms with van der Waals surface area (Å²) in [4.78, 5) is 9.80. The van der Waals surface area contributed by atoms with Crippen LogP contribution in [0.15, 0.2) is 164 Å². The van der Waals surface area contributed by atoms with Gasteiger partial charge in [-0.1, -0.05) is 121 Å². The zero-order chi connectivity index (χ0) is 31.4. The fourth-order valence-electron chi connectivity index (χ4n) is 7.44. The third-order valence-corrected chi connectivity index (χ3v) is 9.74. The number of pyridine rings is 2. The van der Waals surface area contributed by atoms with E-state index < -0.39 is 0 Å². The van der Waals surface area contributed by atoms with Gasteiger partial charge in [-0.05, 0) is 89.6 Å². The highest BCUT2D eigenvalue weighted by Gasteiger charge is 2.25. The quantitative estimate of drug-likeness (QED) is 0.183. The number of hydrogen-bond donors (Lipinski definition) is 0. The first-order chi connectivity index (χ1) is 23.3. The van der Waals surface area contributed by atoms with Gasteiger partial charge >= 0.3 is 0 Å². The van der Waals surface area contributed by atoms with Gasteiger partial charge in [0, 0.05) is 39.9 Å². The van der Waals surface area contributed by atoms with Crippen LogP contribution >= 0.6 is 0 Å². The lowest BCUT2D eigenvalue weighted by Gasteiger charge is -2.28.